The SMILES string of the molecule is CCCCCCCCCCCCCCCCOc1ccc(C(=O)O)cc1S(=O)(=O)N/N=c1\cc(-c2ccc(OC)c(C)c2)n(C)c2ccc(S(=O)(=O)O)cc12. The number of nitrogens with one attached hydrogen (secondary N) is 1. The van der Waals surface area contributed by atoms with Crippen molar-refractivity contribution in [3.05, 3.63) is 77.1 Å². The van der Waals surface area contributed by atoms with Crippen LogP contribution in [0.4, 0.5) is 0 Å². The Balaban J connectivity index is 1.51. The average Bonchev–Trinajstić information content (AvgIpc) is 3.15. The van der Waals surface area contributed by atoms with Crippen molar-refractivity contribution in [2.24, 2.45) is 12.1 Å². The molecule has 0 aliphatic carbocycles. The lowest BCUT2D eigenvalue weighted by Gasteiger charge is -2.16. The van der Waals surface area contributed by atoms with Gasteiger partial charge in [-0.15, -0.1) is 0 Å². The standard InChI is InChI=1S/C41H55N3O9S2/c1-5-6-7-8-9-10-11-12-13-14-15-16-17-18-25-53-39-24-20-32(41(45)46)27-40(39)54(47,48)43-42-35-29-37(31-19-23-38(52-4)30(2)26-31)44(3)36-22-21-33(28-34(35)36)55(49,50)51/h19-24,26-29,43H,5-18,25H2,1-4H3,(H,45,46)(H,49,50,51)/b42-35+. The average molecular weight is 798 g/mol. The van der Waals surface area contributed by atoms with Crippen molar-refractivity contribution in [1.82, 2.24) is 9.40 Å². The Morgan fingerprint density at radius 2 is 1.38 bits per heavy atom. The molecular weight excluding hydrogens is 743 g/mol. The largest absolute Gasteiger partial charge is 0.496 e. The summed E-state index contributed by atoms with van der Waals surface area (Å²) in [6.45, 7) is 4.36. The minimum atomic E-state index is -4.61. The van der Waals surface area contributed by atoms with Crippen molar-refractivity contribution in [1.29, 1.82) is 0 Å². The summed E-state index contributed by atoms with van der Waals surface area (Å²) in [5, 5.41) is 14.2. The Bertz CT molecular complexity index is 2220. The van der Waals surface area contributed by atoms with E-state index < -0.39 is 35.9 Å². The van der Waals surface area contributed by atoms with Gasteiger partial charge in [-0.1, -0.05) is 90.4 Å². The van der Waals surface area contributed by atoms with Crippen molar-refractivity contribution in [2.45, 2.75) is 114 Å². The van der Waals surface area contributed by atoms with Gasteiger partial charge in [-0.3, -0.25) is 4.55 Å². The van der Waals surface area contributed by atoms with Crippen LogP contribution in [-0.4, -0.2) is 50.7 Å². The maximum absolute atomic E-state index is 13.8. The van der Waals surface area contributed by atoms with Gasteiger partial charge in [0, 0.05) is 12.4 Å². The molecule has 55 heavy (non-hydrogen) atoms. The van der Waals surface area contributed by atoms with Gasteiger partial charge in [0.2, 0.25) is 0 Å². The predicted octanol–water partition coefficient (Wildman–Crippen LogP) is 8.76. The number of unbranched alkanes of at least 4 members (excludes halogenated alkanes) is 13. The van der Waals surface area contributed by atoms with Crippen LogP contribution in [0.2, 0.25) is 0 Å². The van der Waals surface area contributed by atoms with E-state index >= 15 is 0 Å². The number of ether oxygens (including phenoxy) is 2. The van der Waals surface area contributed by atoms with Gasteiger partial charge in [-0.25, -0.2) is 4.79 Å². The van der Waals surface area contributed by atoms with Crippen molar-refractivity contribution < 1.29 is 40.8 Å². The summed E-state index contributed by atoms with van der Waals surface area (Å²) < 4.78 is 74.7. The molecule has 4 rings (SSSR count). The summed E-state index contributed by atoms with van der Waals surface area (Å²) in [4.78, 5) is 13.3. The van der Waals surface area contributed by atoms with Crippen LogP contribution in [0.5, 0.6) is 11.5 Å². The zero-order chi connectivity index (χ0) is 40.0. The van der Waals surface area contributed by atoms with E-state index in [1.165, 1.54) is 94.5 Å². The minimum Gasteiger partial charge on any atom is -0.496 e. The number of carbonyl (C=O) groups is 1. The van der Waals surface area contributed by atoms with Gasteiger partial charge >= 0.3 is 5.97 Å². The second kappa shape index (κ2) is 20.5. The van der Waals surface area contributed by atoms with E-state index in [2.05, 4.69) is 16.9 Å². The highest BCUT2D eigenvalue weighted by Gasteiger charge is 2.22. The lowest BCUT2D eigenvalue weighted by Crippen LogP contribution is -2.24. The number of aromatic carboxylic acids is 1. The third-order valence-corrected chi connectivity index (χ3v) is 11.8. The molecule has 0 unspecified atom stereocenters. The molecule has 0 aliphatic heterocycles. The summed E-state index contributed by atoms with van der Waals surface area (Å²) in [7, 11) is -5.80. The number of methoxy groups -OCH3 is 1. The highest BCUT2D eigenvalue weighted by molar-refractivity contribution is 7.89. The molecule has 14 heteroatoms. The molecule has 0 fully saturated rings. The fourth-order valence-electron chi connectivity index (χ4n) is 6.62. The maximum Gasteiger partial charge on any atom is 0.335 e. The molecule has 0 radical (unpaired) electrons. The normalized spacial score (nSPS) is 12.3. The summed E-state index contributed by atoms with van der Waals surface area (Å²) in [5.74, 6) is -0.658. The van der Waals surface area contributed by atoms with E-state index in [4.69, 9.17) is 9.47 Å². The topological polar surface area (TPSA) is 174 Å². The van der Waals surface area contributed by atoms with E-state index in [0.717, 1.165) is 36.5 Å². The molecule has 1 heterocycles. The van der Waals surface area contributed by atoms with E-state index in [1.54, 1.807) is 30.9 Å². The van der Waals surface area contributed by atoms with Crippen LogP contribution in [0.15, 0.2) is 75.6 Å². The van der Waals surface area contributed by atoms with Crippen LogP contribution < -0.4 is 19.7 Å². The van der Waals surface area contributed by atoms with Crippen molar-refractivity contribution in [3.63, 3.8) is 0 Å². The first-order valence-electron chi connectivity index (χ1n) is 19.1. The van der Waals surface area contributed by atoms with E-state index in [9.17, 15) is 31.3 Å². The molecule has 12 nitrogen and oxygen atoms in total. The summed E-state index contributed by atoms with van der Waals surface area (Å²) >= 11 is 0. The third-order valence-electron chi connectivity index (χ3n) is 9.75. The number of carboxylic acid groups (broad SMARTS) is 1. The number of hydrogen-bond acceptors (Lipinski definition) is 8. The first-order chi connectivity index (χ1) is 26.3. The first kappa shape index (κ1) is 43.3. The molecule has 0 aliphatic rings. The number of fused-ring (bicyclic) bond motifs is 1. The molecule has 0 saturated carbocycles. The molecular formula is C41H55N3O9S2. The Kier molecular flexibility index (Phi) is 16.1. The molecule has 3 aromatic carbocycles. The molecule has 0 bridgehead atoms. The molecule has 0 atom stereocenters. The lowest BCUT2D eigenvalue weighted by molar-refractivity contribution is 0.0696. The molecule has 0 saturated heterocycles. The zero-order valence-electron chi connectivity index (χ0n) is 32.3. The Hall–Kier alpha value is -4.40. The first-order valence-corrected chi connectivity index (χ1v) is 22.0. The monoisotopic (exact) mass is 797 g/mol. The van der Waals surface area contributed by atoms with Crippen LogP contribution in [0.1, 0.15) is 113 Å². The molecule has 3 N–H and O–H groups in total. The summed E-state index contributed by atoms with van der Waals surface area (Å²) in [5.41, 5.74) is 2.44. The van der Waals surface area contributed by atoms with Gasteiger partial charge in [0.1, 0.15) is 16.4 Å². The lowest BCUT2D eigenvalue weighted by atomic mass is 10.0. The van der Waals surface area contributed by atoms with Gasteiger partial charge in [-0.05, 0) is 85.1 Å². The van der Waals surface area contributed by atoms with E-state index in [0.29, 0.717) is 23.4 Å². The van der Waals surface area contributed by atoms with Gasteiger partial charge in [-0.2, -0.15) is 26.8 Å². The summed E-state index contributed by atoms with van der Waals surface area (Å²) in [6.07, 6.45) is 16.8. The maximum atomic E-state index is 13.8. The van der Waals surface area contributed by atoms with Crippen LogP contribution in [-0.2, 0) is 27.2 Å². The van der Waals surface area contributed by atoms with Gasteiger partial charge in [0.15, 0.2) is 0 Å². The summed E-state index contributed by atoms with van der Waals surface area (Å²) in [6, 6.07) is 14.7. The quantitative estimate of drug-likeness (QED) is 0.0377. The number of nitrogens with zero attached hydrogens (tertiary/aromatic N) is 2. The molecule has 4 aromatic rings. The Labute approximate surface area is 325 Å². The molecule has 0 spiro atoms. The predicted molar refractivity (Wildman–Crippen MR) is 215 cm³/mol. The number of rotatable bonds is 23. The number of benzene rings is 3. The zero-order valence-corrected chi connectivity index (χ0v) is 34.0. The second-order valence-electron chi connectivity index (χ2n) is 13.9. The van der Waals surface area contributed by atoms with Crippen LogP contribution in [0, 0.1) is 6.92 Å². The fourth-order valence-corrected chi connectivity index (χ4v) is 8.12. The number of hydrogen-bond donors (Lipinski definition) is 3. The van der Waals surface area contributed by atoms with Crippen LogP contribution in [0.25, 0.3) is 22.2 Å². The van der Waals surface area contributed by atoms with Gasteiger partial charge < -0.3 is 19.1 Å². The molecule has 1 aromatic heterocycles. The van der Waals surface area contributed by atoms with Crippen molar-refractivity contribution >= 4 is 37.0 Å². The third kappa shape index (κ3) is 12.3. The van der Waals surface area contributed by atoms with E-state index in [1.807, 2.05) is 19.1 Å². The smallest absolute Gasteiger partial charge is 0.335 e. The van der Waals surface area contributed by atoms with E-state index in [-0.39, 0.29) is 28.7 Å². The Morgan fingerprint density at radius 3 is 1.95 bits per heavy atom. The number of sulfonamides is 1. The highest BCUT2D eigenvalue weighted by atomic mass is 32.2. The Morgan fingerprint density at radius 1 is 0.782 bits per heavy atom. The number of carboxylic acids is 1. The number of aryl methyl sites for hydroxylation is 2. The van der Waals surface area contributed by atoms with Crippen LogP contribution in [0.3, 0.4) is 0 Å². The molecule has 0 amide bonds. The number of pyridine rings is 1. The highest BCUT2D eigenvalue weighted by Crippen LogP contribution is 2.29. The van der Waals surface area contributed by atoms with Crippen LogP contribution >= 0.6 is 0 Å². The van der Waals surface area contributed by atoms with Crippen molar-refractivity contribution in [3.8, 4) is 22.8 Å². The van der Waals surface area contributed by atoms with Gasteiger partial charge in [0.25, 0.3) is 20.1 Å². The fraction of sp³-hybridized carbons (Fsp3) is 0.463. The minimum absolute atomic E-state index is 0.0187. The second-order valence-corrected chi connectivity index (χ2v) is 17.0. The number of aromatic nitrogens is 1. The molecule has 300 valence electrons. The van der Waals surface area contributed by atoms with Crippen molar-refractivity contribution in [2.75, 3.05) is 13.7 Å². The van der Waals surface area contributed by atoms with Gasteiger partial charge in [0.05, 0.1) is 40.7 Å².